The van der Waals surface area contributed by atoms with E-state index >= 15 is 0 Å². The molecule has 1 aliphatic carbocycles. The molecule has 0 aromatic heterocycles. The molecule has 1 saturated heterocycles. The van der Waals surface area contributed by atoms with Crippen molar-refractivity contribution in [3.63, 3.8) is 0 Å². The molecule has 2 aliphatic heterocycles. The van der Waals surface area contributed by atoms with Crippen molar-refractivity contribution in [1.29, 1.82) is 0 Å². The Balaban J connectivity index is 1.42. The molecule has 8 nitrogen and oxygen atoms in total. The van der Waals surface area contributed by atoms with E-state index in [2.05, 4.69) is 10.6 Å². The number of nitrogens with one attached hydrogen (secondary N) is 2. The van der Waals surface area contributed by atoms with Gasteiger partial charge < -0.3 is 25.0 Å². The normalized spacial score (nSPS) is 25.2. The molecule has 0 radical (unpaired) electrons. The number of benzene rings is 1. The van der Waals surface area contributed by atoms with Crippen LogP contribution in [-0.4, -0.2) is 61.1 Å². The number of nitrogens with zero attached hydrogens (tertiary/aromatic N) is 1. The lowest BCUT2D eigenvalue weighted by atomic mass is 9.94. The summed E-state index contributed by atoms with van der Waals surface area (Å²) in [6.07, 6.45) is 3.73. The molecule has 8 heteroatoms. The Morgan fingerprint density at radius 1 is 1.19 bits per heavy atom. The number of hydrogen-bond donors (Lipinski definition) is 2. The Hall–Kier alpha value is -2.61. The summed E-state index contributed by atoms with van der Waals surface area (Å²) in [7, 11) is 1.78. The summed E-state index contributed by atoms with van der Waals surface area (Å²) in [6, 6.07) is 4.99. The zero-order valence-electron chi connectivity index (χ0n) is 19.1. The van der Waals surface area contributed by atoms with E-state index in [4.69, 9.17) is 9.47 Å². The van der Waals surface area contributed by atoms with Crippen LogP contribution >= 0.6 is 0 Å². The lowest BCUT2D eigenvalue weighted by Crippen LogP contribution is -2.54. The summed E-state index contributed by atoms with van der Waals surface area (Å²) < 4.78 is 12.2. The minimum Gasteiger partial charge on any atom is -0.490 e. The summed E-state index contributed by atoms with van der Waals surface area (Å²) in [5.74, 6) is 0.711. The lowest BCUT2D eigenvalue weighted by molar-refractivity contribution is -0.134. The van der Waals surface area contributed by atoms with Gasteiger partial charge in [0.1, 0.15) is 18.5 Å². The van der Waals surface area contributed by atoms with Crippen molar-refractivity contribution >= 4 is 23.4 Å². The zero-order valence-corrected chi connectivity index (χ0v) is 19.1. The van der Waals surface area contributed by atoms with Gasteiger partial charge in [-0.25, -0.2) is 0 Å². The molecule has 0 bridgehead atoms. The van der Waals surface area contributed by atoms with Crippen LogP contribution in [-0.2, 0) is 14.3 Å². The molecule has 4 rings (SSSR count). The van der Waals surface area contributed by atoms with Gasteiger partial charge in [0.2, 0.25) is 11.8 Å². The topological polar surface area (TPSA) is 97.0 Å². The number of anilines is 1. The number of carbonyl (C=O) groups excluding carboxylic acids is 3. The minimum atomic E-state index is -0.299. The number of hydrogen-bond acceptors (Lipinski definition) is 5. The number of fused-ring (bicyclic) bond motifs is 2. The molecule has 2 fully saturated rings. The Morgan fingerprint density at radius 3 is 2.69 bits per heavy atom. The summed E-state index contributed by atoms with van der Waals surface area (Å²) in [4.78, 5) is 39.2. The molecule has 0 unspecified atom stereocenters. The maximum atomic E-state index is 13.2. The molecule has 2 N–H and O–H groups in total. The van der Waals surface area contributed by atoms with Crippen LogP contribution < -0.4 is 15.4 Å². The largest absolute Gasteiger partial charge is 0.490 e. The van der Waals surface area contributed by atoms with Gasteiger partial charge in [-0.2, -0.15) is 0 Å². The predicted molar refractivity (Wildman–Crippen MR) is 120 cm³/mol. The third-order valence-corrected chi connectivity index (χ3v) is 6.50. The molecule has 3 aliphatic rings. The highest BCUT2D eigenvalue weighted by Gasteiger charge is 2.39. The first-order valence-corrected chi connectivity index (χ1v) is 11.6. The number of rotatable bonds is 6. The van der Waals surface area contributed by atoms with Gasteiger partial charge in [-0.05, 0) is 49.8 Å². The van der Waals surface area contributed by atoms with Gasteiger partial charge in [-0.15, -0.1) is 0 Å². The first-order chi connectivity index (χ1) is 15.3. The van der Waals surface area contributed by atoms with Crippen molar-refractivity contribution in [2.45, 2.75) is 64.2 Å². The lowest BCUT2D eigenvalue weighted by Gasteiger charge is -2.42. The molecular weight excluding hydrogens is 410 g/mol. The molecule has 1 aromatic rings. The first kappa shape index (κ1) is 22.6. The quantitative estimate of drug-likeness (QED) is 0.704. The van der Waals surface area contributed by atoms with Crippen LogP contribution in [0.3, 0.4) is 0 Å². The Bertz CT molecular complexity index is 882. The van der Waals surface area contributed by atoms with Crippen molar-refractivity contribution in [3.05, 3.63) is 23.8 Å². The van der Waals surface area contributed by atoms with Crippen molar-refractivity contribution < 1.29 is 23.9 Å². The second-order valence-corrected chi connectivity index (χ2v) is 9.47. The van der Waals surface area contributed by atoms with Crippen LogP contribution in [0.2, 0.25) is 0 Å². The van der Waals surface area contributed by atoms with E-state index in [-0.39, 0.29) is 41.9 Å². The van der Waals surface area contributed by atoms with Gasteiger partial charge in [-0.3, -0.25) is 14.4 Å². The molecule has 0 spiro atoms. The third kappa shape index (κ3) is 5.23. The van der Waals surface area contributed by atoms with E-state index in [1.807, 2.05) is 13.8 Å². The van der Waals surface area contributed by atoms with Crippen molar-refractivity contribution in [2.75, 3.05) is 25.5 Å². The number of likely N-dealkylation sites (N-methyl/N-ethyl adjacent to an activating group) is 1. The van der Waals surface area contributed by atoms with Crippen LogP contribution in [0.1, 0.15) is 56.3 Å². The van der Waals surface area contributed by atoms with Gasteiger partial charge in [0.25, 0.3) is 5.91 Å². The second kappa shape index (κ2) is 9.48. The maximum absolute atomic E-state index is 13.2. The Kier molecular flexibility index (Phi) is 6.69. The van der Waals surface area contributed by atoms with Crippen LogP contribution in [0.4, 0.5) is 5.69 Å². The SMILES string of the molecule is CC(C)C(=O)Nc1ccc2c(c1)C(=O)N(C)[C@@H]1CC[C@@H](CC(=O)NCC3CC3)O[C@H]1CO2. The smallest absolute Gasteiger partial charge is 0.257 e. The fourth-order valence-electron chi connectivity index (χ4n) is 4.25. The van der Waals surface area contributed by atoms with Crippen LogP contribution in [0, 0.1) is 11.8 Å². The standard InChI is InChI=1S/C24H33N3O5/c1-14(2)23(29)26-16-6-9-20-18(10-16)24(30)27(3)19-8-7-17(32-21(19)13-31-20)11-22(28)25-12-15-4-5-15/h6,9-10,14-15,17,19,21H,4-5,7-8,11-13H2,1-3H3,(H,25,28)(H,26,29)/t17-,19+,21-/m0/s1. The zero-order chi connectivity index (χ0) is 22.8. The minimum absolute atomic E-state index is 0.0258. The highest BCUT2D eigenvalue weighted by atomic mass is 16.5. The highest BCUT2D eigenvalue weighted by Crippen LogP contribution is 2.33. The summed E-state index contributed by atoms with van der Waals surface area (Å²) in [5.41, 5.74) is 0.996. The van der Waals surface area contributed by atoms with E-state index in [1.54, 1.807) is 30.1 Å². The molecule has 32 heavy (non-hydrogen) atoms. The average molecular weight is 444 g/mol. The van der Waals surface area contributed by atoms with E-state index in [9.17, 15) is 14.4 Å². The monoisotopic (exact) mass is 443 g/mol. The fourth-order valence-corrected chi connectivity index (χ4v) is 4.25. The Labute approximate surface area is 189 Å². The number of ether oxygens (including phenoxy) is 2. The summed E-state index contributed by atoms with van der Waals surface area (Å²) in [5, 5.41) is 5.83. The van der Waals surface area contributed by atoms with Crippen LogP contribution in [0.25, 0.3) is 0 Å². The van der Waals surface area contributed by atoms with E-state index < -0.39 is 0 Å². The van der Waals surface area contributed by atoms with Crippen LogP contribution in [0.15, 0.2) is 18.2 Å². The molecular formula is C24H33N3O5. The summed E-state index contributed by atoms with van der Waals surface area (Å²) in [6.45, 7) is 4.69. The van der Waals surface area contributed by atoms with E-state index in [0.29, 0.717) is 42.4 Å². The van der Waals surface area contributed by atoms with Gasteiger partial charge in [0, 0.05) is 25.2 Å². The molecule has 3 amide bonds. The maximum Gasteiger partial charge on any atom is 0.257 e. The molecule has 1 saturated carbocycles. The van der Waals surface area contributed by atoms with E-state index in [0.717, 1.165) is 13.0 Å². The van der Waals surface area contributed by atoms with Gasteiger partial charge >= 0.3 is 0 Å². The number of amides is 3. The molecule has 2 heterocycles. The van der Waals surface area contributed by atoms with Crippen molar-refractivity contribution in [3.8, 4) is 5.75 Å². The van der Waals surface area contributed by atoms with Gasteiger partial charge in [0.15, 0.2) is 0 Å². The first-order valence-electron chi connectivity index (χ1n) is 11.6. The van der Waals surface area contributed by atoms with Gasteiger partial charge in [-0.1, -0.05) is 13.8 Å². The summed E-state index contributed by atoms with van der Waals surface area (Å²) >= 11 is 0. The number of carbonyl (C=O) groups is 3. The van der Waals surface area contributed by atoms with Crippen LogP contribution in [0.5, 0.6) is 5.75 Å². The predicted octanol–water partition coefficient (Wildman–Crippen LogP) is 2.58. The van der Waals surface area contributed by atoms with Crippen molar-refractivity contribution in [2.24, 2.45) is 11.8 Å². The molecule has 1 aromatic carbocycles. The van der Waals surface area contributed by atoms with Crippen molar-refractivity contribution in [1.82, 2.24) is 10.2 Å². The molecule has 3 atom stereocenters. The van der Waals surface area contributed by atoms with E-state index in [1.165, 1.54) is 12.8 Å². The molecule has 174 valence electrons. The Morgan fingerprint density at radius 2 is 1.97 bits per heavy atom. The van der Waals surface area contributed by atoms with Gasteiger partial charge in [0.05, 0.1) is 24.1 Å². The third-order valence-electron chi connectivity index (χ3n) is 6.50. The highest BCUT2D eigenvalue weighted by molar-refractivity contribution is 6.00. The second-order valence-electron chi connectivity index (χ2n) is 9.47. The average Bonchev–Trinajstić information content (AvgIpc) is 3.59. The fraction of sp³-hybridized carbons (Fsp3) is 0.625.